The van der Waals surface area contributed by atoms with Crippen LogP contribution in [0.1, 0.15) is 27.6 Å². The van der Waals surface area contributed by atoms with Gasteiger partial charge in [-0.15, -0.1) is 0 Å². The van der Waals surface area contributed by atoms with Gasteiger partial charge < -0.3 is 9.64 Å². The molecule has 1 saturated heterocycles. The van der Waals surface area contributed by atoms with Gasteiger partial charge in [-0.25, -0.2) is 12.8 Å². The highest BCUT2D eigenvalue weighted by molar-refractivity contribution is 7.91. The Balaban J connectivity index is 1.87. The Hall–Kier alpha value is -2.41. The van der Waals surface area contributed by atoms with Gasteiger partial charge in [-0.2, -0.15) is 0 Å². The van der Waals surface area contributed by atoms with Crippen LogP contribution in [0.2, 0.25) is 0 Å². The van der Waals surface area contributed by atoms with Gasteiger partial charge in [0.2, 0.25) is 0 Å². The Morgan fingerprint density at radius 2 is 1.81 bits per heavy atom. The third kappa shape index (κ3) is 3.58. The minimum atomic E-state index is -3.57. The lowest BCUT2D eigenvalue weighted by atomic mass is 10.1. The van der Waals surface area contributed by atoms with Gasteiger partial charge >= 0.3 is 0 Å². The summed E-state index contributed by atoms with van der Waals surface area (Å²) in [4.78, 5) is 14.3. The summed E-state index contributed by atoms with van der Waals surface area (Å²) in [5.41, 5.74) is 0.552. The second-order valence-corrected chi connectivity index (χ2v) is 8.46. The van der Waals surface area contributed by atoms with Crippen molar-refractivity contribution < 1.29 is 22.3 Å². The van der Waals surface area contributed by atoms with E-state index >= 15 is 0 Å². The molecule has 138 valence electrons. The summed E-state index contributed by atoms with van der Waals surface area (Å²) >= 11 is 0. The summed E-state index contributed by atoms with van der Waals surface area (Å²) in [6.45, 7) is 0.305. The Labute approximate surface area is 152 Å². The SMILES string of the molecule is COc1ccccc1C(=O)N1CCC(c2ccccc2F)S(=O)(=O)CC1. The number of carbonyl (C=O) groups excluding carboxylic acids is 1. The van der Waals surface area contributed by atoms with E-state index in [9.17, 15) is 17.6 Å². The Bertz CT molecular complexity index is 913. The standard InChI is InChI=1S/C19H20FNO4S/c1-25-17-9-5-3-7-15(17)19(22)21-11-10-18(26(23,24)13-12-21)14-6-2-4-8-16(14)20/h2-9,18H,10-13H2,1H3. The molecule has 26 heavy (non-hydrogen) atoms. The first kappa shape index (κ1) is 18.4. The number of halogens is 1. The van der Waals surface area contributed by atoms with Gasteiger partial charge in [0.15, 0.2) is 9.84 Å². The van der Waals surface area contributed by atoms with E-state index in [2.05, 4.69) is 0 Å². The Morgan fingerprint density at radius 3 is 2.54 bits per heavy atom. The number of methoxy groups -OCH3 is 1. The van der Waals surface area contributed by atoms with E-state index < -0.39 is 20.9 Å². The van der Waals surface area contributed by atoms with Crippen molar-refractivity contribution in [3.8, 4) is 5.75 Å². The molecule has 0 spiro atoms. The van der Waals surface area contributed by atoms with E-state index in [1.54, 1.807) is 30.3 Å². The second-order valence-electron chi connectivity index (χ2n) is 6.16. The fourth-order valence-electron chi connectivity index (χ4n) is 3.22. The van der Waals surface area contributed by atoms with Crippen LogP contribution in [-0.4, -0.2) is 45.2 Å². The number of carbonyl (C=O) groups is 1. The van der Waals surface area contributed by atoms with Crippen LogP contribution in [-0.2, 0) is 9.84 Å². The van der Waals surface area contributed by atoms with E-state index in [1.807, 2.05) is 0 Å². The van der Waals surface area contributed by atoms with Gasteiger partial charge in [0.1, 0.15) is 11.6 Å². The third-order valence-corrected chi connectivity index (χ3v) is 6.73. The van der Waals surface area contributed by atoms with Crippen LogP contribution < -0.4 is 4.74 Å². The molecular weight excluding hydrogens is 357 g/mol. The molecule has 2 aromatic rings. The quantitative estimate of drug-likeness (QED) is 0.825. The minimum Gasteiger partial charge on any atom is -0.496 e. The van der Waals surface area contributed by atoms with Gasteiger partial charge in [-0.3, -0.25) is 4.79 Å². The molecule has 1 aliphatic rings. The molecule has 1 amide bonds. The first-order valence-corrected chi connectivity index (χ1v) is 10.0. The predicted molar refractivity (Wildman–Crippen MR) is 96.4 cm³/mol. The van der Waals surface area contributed by atoms with Crippen LogP contribution in [0, 0.1) is 5.82 Å². The molecule has 0 N–H and O–H groups in total. The monoisotopic (exact) mass is 377 g/mol. The maximum atomic E-state index is 14.1. The number of rotatable bonds is 3. The van der Waals surface area contributed by atoms with Crippen molar-refractivity contribution in [2.75, 3.05) is 26.0 Å². The van der Waals surface area contributed by atoms with Gasteiger partial charge in [-0.05, 0) is 24.6 Å². The van der Waals surface area contributed by atoms with Crippen molar-refractivity contribution in [3.05, 3.63) is 65.5 Å². The fraction of sp³-hybridized carbons (Fsp3) is 0.316. The van der Waals surface area contributed by atoms with E-state index in [1.165, 1.54) is 30.2 Å². The van der Waals surface area contributed by atoms with Crippen LogP contribution >= 0.6 is 0 Å². The molecule has 1 fully saturated rings. The Kier molecular flexibility index (Phi) is 5.27. The van der Waals surface area contributed by atoms with Gasteiger partial charge in [0.05, 0.1) is 23.7 Å². The lowest BCUT2D eigenvalue weighted by Crippen LogP contribution is -2.33. The third-order valence-electron chi connectivity index (χ3n) is 4.62. The van der Waals surface area contributed by atoms with Crippen LogP contribution in [0.4, 0.5) is 4.39 Å². The average Bonchev–Trinajstić information content (AvgIpc) is 2.80. The summed E-state index contributed by atoms with van der Waals surface area (Å²) in [6, 6.07) is 12.7. The first-order valence-electron chi connectivity index (χ1n) is 8.32. The number of hydrogen-bond donors (Lipinski definition) is 0. The molecule has 2 aromatic carbocycles. The van der Waals surface area contributed by atoms with Gasteiger partial charge in [-0.1, -0.05) is 30.3 Å². The second kappa shape index (κ2) is 7.45. The maximum Gasteiger partial charge on any atom is 0.257 e. The molecule has 1 atom stereocenters. The number of para-hydroxylation sites is 1. The molecule has 0 radical (unpaired) electrons. The van der Waals surface area contributed by atoms with Crippen molar-refractivity contribution >= 4 is 15.7 Å². The van der Waals surface area contributed by atoms with Crippen molar-refractivity contribution in [1.82, 2.24) is 4.90 Å². The molecule has 0 aliphatic carbocycles. The zero-order valence-electron chi connectivity index (χ0n) is 14.4. The Morgan fingerprint density at radius 1 is 1.12 bits per heavy atom. The van der Waals surface area contributed by atoms with Crippen molar-refractivity contribution in [2.45, 2.75) is 11.7 Å². The summed E-state index contributed by atoms with van der Waals surface area (Å²) in [5.74, 6) is -0.583. The number of benzene rings is 2. The highest BCUT2D eigenvalue weighted by Gasteiger charge is 2.34. The lowest BCUT2D eigenvalue weighted by Gasteiger charge is -2.21. The van der Waals surface area contributed by atoms with Crippen molar-refractivity contribution in [1.29, 1.82) is 0 Å². The molecule has 7 heteroatoms. The minimum absolute atomic E-state index is 0.0736. The highest BCUT2D eigenvalue weighted by atomic mass is 32.2. The molecule has 5 nitrogen and oxygen atoms in total. The number of ether oxygens (including phenoxy) is 1. The zero-order valence-corrected chi connectivity index (χ0v) is 15.2. The van der Waals surface area contributed by atoms with E-state index in [4.69, 9.17) is 4.74 Å². The summed E-state index contributed by atoms with van der Waals surface area (Å²) in [5, 5.41) is -0.945. The highest BCUT2D eigenvalue weighted by Crippen LogP contribution is 2.32. The van der Waals surface area contributed by atoms with Crippen LogP contribution in [0.5, 0.6) is 5.75 Å². The maximum absolute atomic E-state index is 14.1. The van der Waals surface area contributed by atoms with E-state index in [-0.39, 0.29) is 36.7 Å². The molecule has 0 bridgehead atoms. The molecule has 1 aliphatic heterocycles. The van der Waals surface area contributed by atoms with E-state index in [0.29, 0.717) is 11.3 Å². The fourth-order valence-corrected chi connectivity index (χ4v) is 5.03. The van der Waals surface area contributed by atoms with Crippen molar-refractivity contribution in [3.63, 3.8) is 0 Å². The first-order chi connectivity index (χ1) is 12.4. The van der Waals surface area contributed by atoms with Gasteiger partial charge in [0.25, 0.3) is 5.91 Å². The molecule has 0 aromatic heterocycles. The molecule has 1 heterocycles. The normalized spacial score (nSPS) is 19.6. The van der Waals surface area contributed by atoms with Gasteiger partial charge in [0, 0.05) is 18.7 Å². The molecule has 1 unspecified atom stereocenters. The molecule has 0 saturated carbocycles. The summed E-state index contributed by atoms with van der Waals surface area (Å²) in [7, 11) is -2.09. The predicted octanol–water partition coefficient (Wildman–Crippen LogP) is 2.84. The van der Waals surface area contributed by atoms with Crippen molar-refractivity contribution in [2.24, 2.45) is 0 Å². The number of amides is 1. The average molecular weight is 377 g/mol. The van der Waals surface area contributed by atoms with Crippen LogP contribution in [0.25, 0.3) is 0 Å². The number of hydrogen-bond acceptors (Lipinski definition) is 4. The van der Waals surface area contributed by atoms with Crippen LogP contribution in [0.3, 0.4) is 0 Å². The zero-order chi connectivity index (χ0) is 18.7. The largest absolute Gasteiger partial charge is 0.496 e. The number of sulfone groups is 1. The topological polar surface area (TPSA) is 63.7 Å². The smallest absolute Gasteiger partial charge is 0.257 e. The van der Waals surface area contributed by atoms with Crippen LogP contribution in [0.15, 0.2) is 48.5 Å². The summed E-state index contributed by atoms with van der Waals surface area (Å²) < 4.78 is 44.6. The lowest BCUT2D eigenvalue weighted by molar-refractivity contribution is 0.0763. The number of nitrogens with zero attached hydrogens (tertiary/aromatic N) is 1. The van der Waals surface area contributed by atoms with E-state index in [0.717, 1.165) is 0 Å². The summed E-state index contributed by atoms with van der Waals surface area (Å²) in [6.07, 6.45) is 0.157. The molecular formula is C19H20FNO4S. The molecule has 3 rings (SSSR count).